The van der Waals surface area contributed by atoms with Crippen LogP contribution in [0.2, 0.25) is 5.02 Å². The highest BCUT2D eigenvalue weighted by Gasteiger charge is 2.57. The Bertz CT molecular complexity index is 904. The SMILES string of the molecule is CC(=O)C1=NN(c2ccc(Cl)cc2)C2(SCC(=O)N2c2ccccc2)S1. The topological polar surface area (TPSA) is 53.0 Å². The average molecular weight is 404 g/mol. The third-order valence-electron chi connectivity index (χ3n) is 3.99. The second kappa shape index (κ2) is 6.64. The van der Waals surface area contributed by atoms with Crippen molar-refractivity contribution >= 4 is 63.2 Å². The van der Waals surface area contributed by atoms with Gasteiger partial charge >= 0.3 is 0 Å². The Morgan fingerprint density at radius 3 is 2.46 bits per heavy atom. The molecule has 0 N–H and O–H groups in total. The van der Waals surface area contributed by atoms with Gasteiger partial charge in [-0.15, -0.1) is 0 Å². The number of benzene rings is 2. The zero-order valence-corrected chi connectivity index (χ0v) is 16.1. The van der Waals surface area contributed by atoms with Crippen LogP contribution in [0.4, 0.5) is 11.4 Å². The molecule has 132 valence electrons. The van der Waals surface area contributed by atoms with Gasteiger partial charge in [-0.25, -0.2) is 5.01 Å². The molecule has 4 rings (SSSR count). The summed E-state index contributed by atoms with van der Waals surface area (Å²) in [7, 11) is 0. The molecular formula is C18H14ClN3O2S2. The van der Waals surface area contributed by atoms with Crippen LogP contribution in [0, 0.1) is 0 Å². The Morgan fingerprint density at radius 1 is 1.12 bits per heavy atom. The predicted molar refractivity (Wildman–Crippen MR) is 109 cm³/mol. The maximum Gasteiger partial charge on any atom is 0.243 e. The summed E-state index contributed by atoms with van der Waals surface area (Å²) in [5.41, 5.74) is 1.54. The summed E-state index contributed by atoms with van der Waals surface area (Å²) in [6.45, 7) is 1.49. The third-order valence-corrected chi connectivity index (χ3v) is 7.15. The minimum Gasteiger partial charge on any atom is -0.292 e. The Morgan fingerprint density at radius 2 is 1.81 bits per heavy atom. The molecule has 1 atom stereocenters. The van der Waals surface area contributed by atoms with Crippen molar-refractivity contribution < 1.29 is 9.59 Å². The summed E-state index contributed by atoms with van der Waals surface area (Å²) in [5.74, 6) is 0.165. The molecule has 0 radical (unpaired) electrons. The van der Waals surface area contributed by atoms with E-state index in [1.807, 2.05) is 42.5 Å². The molecule has 1 unspecified atom stereocenters. The fourth-order valence-corrected chi connectivity index (χ4v) is 5.72. The number of hydrogen-bond acceptors (Lipinski definition) is 6. The lowest BCUT2D eigenvalue weighted by atomic mass is 10.3. The number of anilines is 2. The average Bonchev–Trinajstić information content (AvgIpc) is 3.18. The van der Waals surface area contributed by atoms with Crippen LogP contribution in [0.1, 0.15) is 6.92 Å². The van der Waals surface area contributed by atoms with E-state index in [2.05, 4.69) is 5.10 Å². The number of rotatable bonds is 3. The van der Waals surface area contributed by atoms with E-state index >= 15 is 0 Å². The molecule has 2 aliphatic rings. The summed E-state index contributed by atoms with van der Waals surface area (Å²) in [6.07, 6.45) is 0. The van der Waals surface area contributed by atoms with Crippen molar-refractivity contribution in [1.29, 1.82) is 0 Å². The number of amides is 1. The molecular weight excluding hydrogens is 390 g/mol. The number of thioether (sulfide) groups is 2. The molecule has 2 heterocycles. The van der Waals surface area contributed by atoms with E-state index in [0.29, 0.717) is 15.8 Å². The van der Waals surface area contributed by atoms with Crippen LogP contribution in [0.5, 0.6) is 0 Å². The van der Waals surface area contributed by atoms with Gasteiger partial charge in [0, 0.05) is 17.6 Å². The van der Waals surface area contributed by atoms with E-state index in [1.54, 1.807) is 22.0 Å². The van der Waals surface area contributed by atoms with Gasteiger partial charge in [-0.1, -0.05) is 41.6 Å². The third kappa shape index (κ3) is 2.80. The van der Waals surface area contributed by atoms with E-state index in [0.717, 1.165) is 11.4 Å². The molecule has 1 saturated heterocycles. The summed E-state index contributed by atoms with van der Waals surface area (Å²) in [6, 6.07) is 16.7. The number of halogens is 1. The fraction of sp³-hybridized carbons (Fsp3) is 0.167. The summed E-state index contributed by atoms with van der Waals surface area (Å²) in [5, 5.41) is 7.27. The number of para-hydroxylation sites is 1. The second-order valence-electron chi connectivity index (χ2n) is 5.75. The predicted octanol–water partition coefficient (Wildman–Crippen LogP) is 4.19. The zero-order chi connectivity index (χ0) is 18.3. The van der Waals surface area contributed by atoms with Crippen LogP contribution in [0.15, 0.2) is 59.7 Å². The smallest absolute Gasteiger partial charge is 0.243 e. The molecule has 2 aromatic rings. The number of Topliss-reactive ketones (excluding diaryl/α,β-unsaturated/α-hetero) is 1. The van der Waals surface area contributed by atoms with Gasteiger partial charge in [0.05, 0.1) is 11.4 Å². The van der Waals surface area contributed by atoms with E-state index in [-0.39, 0.29) is 11.7 Å². The van der Waals surface area contributed by atoms with Crippen molar-refractivity contribution in [3.63, 3.8) is 0 Å². The molecule has 0 saturated carbocycles. The Labute approximate surface area is 164 Å². The normalized spacial score (nSPS) is 22.2. The summed E-state index contributed by atoms with van der Waals surface area (Å²) >= 11 is 8.77. The Hall–Kier alpha value is -1.96. The van der Waals surface area contributed by atoms with Crippen LogP contribution in [0.25, 0.3) is 0 Å². The van der Waals surface area contributed by atoms with Crippen LogP contribution < -0.4 is 9.91 Å². The lowest BCUT2D eigenvalue weighted by molar-refractivity contribution is -0.116. The lowest BCUT2D eigenvalue weighted by Gasteiger charge is -2.39. The van der Waals surface area contributed by atoms with Gasteiger partial charge < -0.3 is 0 Å². The number of ketones is 1. The second-order valence-corrected chi connectivity index (χ2v) is 8.76. The van der Waals surface area contributed by atoms with Gasteiger partial charge in [-0.05, 0) is 48.2 Å². The number of nitrogens with zero attached hydrogens (tertiary/aromatic N) is 3. The highest BCUT2D eigenvalue weighted by atomic mass is 35.5. The molecule has 0 aromatic heterocycles. The van der Waals surface area contributed by atoms with Crippen molar-refractivity contribution in [2.24, 2.45) is 5.10 Å². The highest BCUT2D eigenvalue weighted by molar-refractivity contribution is 8.28. The number of hydrogen-bond donors (Lipinski definition) is 0. The summed E-state index contributed by atoms with van der Waals surface area (Å²) < 4.78 is -0.868. The number of hydrazone groups is 1. The van der Waals surface area contributed by atoms with Crippen molar-refractivity contribution in [2.75, 3.05) is 15.7 Å². The van der Waals surface area contributed by atoms with Crippen molar-refractivity contribution in [2.45, 2.75) is 11.3 Å². The highest BCUT2D eigenvalue weighted by Crippen LogP contribution is 2.55. The minimum atomic E-state index is -0.868. The maximum absolute atomic E-state index is 12.8. The molecule has 1 spiro atoms. The van der Waals surface area contributed by atoms with Gasteiger partial charge in [-0.2, -0.15) is 5.10 Å². The van der Waals surface area contributed by atoms with Crippen LogP contribution in [0.3, 0.4) is 0 Å². The van der Waals surface area contributed by atoms with Crippen molar-refractivity contribution in [1.82, 2.24) is 0 Å². The zero-order valence-electron chi connectivity index (χ0n) is 13.8. The van der Waals surface area contributed by atoms with Gasteiger partial charge in [0.15, 0.2) is 10.8 Å². The quantitative estimate of drug-likeness (QED) is 0.769. The first-order valence-corrected chi connectivity index (χ1v) is 10.1. The van der Waals surface area contributed by atoms with E-state index in [4.69, 9.17) is 11.6 Å². The molecule has 1 fully saturated rings. The maximum atomic E-state index is 12.8. The van der Waals surface area contributed by atoms with E-state index < -0.39 is 4.33 Å². The first-order valence-electron chi connectivity index (χ1n) is 7.88. The van der Waals surface area contributed by atoms with Crippen LogP contribution in [-0.2, 0) is 9.59 Å². The first kappa shape index (κ1) is 17.5. The molecule has 5 nitrogen and oxygen atoms in total. The van der Waals surface area contributed by atoms with Gasteiger partial charge in [0.1, 0.15) is 0 Å². The molecule has 8 heteroatoms. The molecule has 0 bridgehead atoms. The monoisotopic (exact) mass is 403 g/mol. The minimum absolute atomic E-state index is 0.0207. The van der Waals surface area contributed by atoms with Crippen LogP contribution >= 0.6 is 35.1 Å². The van der Waals surface area contributed by atoms with Gasteiger partial charge in [-0.3, -0.25) is 14.5 Å². The van der Waals surface area contributed by atoms with Crippen molar-refractivity contribution in [3.8, 4) is 0 Å². The van der Waals surface area contributed by atoms with E-state index in [9.17, 15) is 9.59 Å². The molecule has 2 aliphatic heterocycles. The van der Waals surface area contributed by atoms with Crippen LogP contribution in [-0.4, -0.2) is 26.8 Å². The Kier molecular flexibility index (Phi) is 4.46. The summed E-state index contributed by atoms with van der Waals surface area (Å²) in [4.78, 5) is 26.5. The van der Waals surface area contributed by atoms with Gasteiger partial charge in [0.25, 0.3) is 0 Å². The first-order chi connectivity index (χ1) is 12.5. The standard InChI is InChI=1S/C18H14ClN3O2S2/c1-12(23)17-20-22(15-9-7-13(19)8-10-15)18(26-17)21(16(24)11-25-18)14-5-3-2-4-6-14/h2-10H,11H2,1H3. The van der Waals surface area contributed by atoms with Crippen molar-refractivity contribution in [3.05, 3.63) is 59.6 Å². The lowest BCUT2D eigenvalue weighted by Crippen LogP contribution is -2.51. The number of carbonyl (C=O) groups excluding carboxylic acids is 2. The molecule has 0 aliphatic carbocycles. The van der Waals surface area contributed by atoms with E-state index in [1.165, 1.54) is 30.4 Å². The van der Waals surface area contributed by atoms with Gasteiger partial charge in [0.2, 0.25) is 10.2 Å². The molecule has 26 heavy (non-hydrogen) atoms. The molecule has 2 aromatic carbocycles. The fourth-order valence-electron chi connectivity index (χ4n) is 2.85. The number of carbonyl (C=O) groups is 2. The molecule has 1 amide bonds. The largest absolute Gasteiger partial charge is 0.292 e. The Balaban J connectivity index is 1.85.